The van der Waals surface area contributed by atoms with Gasteiger partial charge in [0.1, 0.15) is 15.9 Å². The van der Waals surface area contributed by atoms with Gasteiger partial charge in [-0.15, -0.1) is 0 Å². The number of hydrogen-bond donors (Lipinski definition) is 0. The highest BCUT2D eigenvalue weighted by atomic mass is 32.2. The second kappa shape index (κ2) is 8.56. The van der Waals surface area contributed by atoms with Crippen LogP contribution in [-0.2, 0) is 28.0 Å². The first kappa shape index (κ1) is 15.7. The summed E-state index contributed by atoms with van der Waals surface area (Å²) in [5, 5.41) is 2.77. The molecule has 0 amide bonds. The molecule has 4 heteroatoms. The maximum absolute atomic E-state index is 11.9. The molecule has 0 aliphatic carbocycles. The molecular weight excluding hydrogens is 300 g/mol. The summed E-state index contributed by atoms with van der Waals surface area (Å²) in [6.45, 7) is 0. The highest BCUT2D eigenvalue weighted by Crippen LogP contribution is 2.01. The number of rotatable bonds is 5. The van der Waals surface area contributed by atoms with Gasteiger partial charge in [-0.3, -0.25) is 4.21 Å². The zero-order valence-corrected chi connectivity index (χ0v) is 13.2. The van der Waals surface area contributed by atoms with Crippen LogP contribution in [0.15, 0.2) is 60.7 Å². The summed E-state index contributed by atoms with van der Waals surface area (Å²) in [6.07, 6.45) is 0.733. The SMILES string of the molecule is O=S(C#Cc1ccccc1)CS(=O)CCc1ccccc1. The predicted molar refractivity (Wildman–Crippen MR) is 89.5 cm³/mol. The minimum absolute atomic E-state index is 0.118. The molecule has 0 N–H and O–H groups in total. The van der Waals surface area contributed by atoms with E-state index in [1.54, 1.807) is 0 Å². The van der Waals surface area contributed by atoms with E-state index in [-0.39, 0.29) is 5.08 Å². The van der Waals surface area contributed by atoms with E-state index in [0.717, 1.165) is 17.5 Å². The van der Waals surface area contributed by atoms with Crippen LogP contribution < -0.4 is 0 Å². The Bertz CT molecular complexity index is 670. The monoisotopic (exact) mass is 316 g/mol. The van der Waals surface area contributed by atoms with Crippen molar-refractivity contribution in [2.75, 3.05) is 10.8 Å². The number of hydrogen-bond acceptors (Lipinski definition) is 2. The predicted octanol–water partition coefficient (Wildman–Crippen LogP) is 2.69. The lowest BCUT2D eigenvalue weighted by Gasteiger charge is -2.00. The normalized spacial score (nSPS) is 13.0. The summed E-state index contributed by atoms with van der Waals surface area (Å²) in [5.41, 5.74) is 1.97. The summed E-state index contributed by atoms with van der Waals surface area (Å²) >= 11 is 0. The molecule has 108 valence electrons. The van der Waals surface area contributed by atoms with E-state index in [4.69, 9.17) is 0 Å². The first-order valence-electron chi connectivity index (χ1n) is 6.58. The molecule has 0 saturated carbocycles. The van der Waals surface area contributed by atoms with E-state index in [0.29, 0.717) is 5.75 Å². The molecule has 21 heavy (non-hydrogen) atoms. The van der Waals surface area contributed by atoms with Crippen LogP contribution in [0.25, 0.3) is 0 Å². The molecule has 2 atom stereocenters. The summed E-state index contributed by atoms with van der Waals surface area (Å²) < 4.78 is 23.7. The second-order valence-corrected chi connectivity index (χ2v) is 7.56. The average molecular weight is 316 g/mol. The van der Waals surface area contributed by atoms with Gasteiger partial charge in [-0.05, 0) is 24.1 Å². The van der Waals surface area contributed by atoms with Crippen molar-refractivity contribution >= 4 is 21.6 Å². The zero-order valence-electron chi connectivity index (χ0n) is 11.5. The molecule has 0 radical (unpaired) electrons. The van der Waals surface area contributed by atoms with Gasteiger partial charge in [0.05, 0.1) is 0 Å². The van der Waals surface area contributed by atoms with Crippen LogP contribution in [0.2, 0.25) is 0 Å². The Kier molecular flexibility index (Phi) is 6.39. The maximum atomic E-state index is 11.9. The molecule has 0 bridgehead atoms. The van der Waals surface area contributed by atoms with Gasteiger partial charge in [-0.2, -0.15) is 0 Å². The summed E-state index contributed by atoms with van der Waals surface area (Å²) in [5.74, 6) is 3.36. The summed E-state index contributed by atoms with van der Waals surface area (Å²) in [6, 6.07) is 19.3. The third kappa shape index (κ3) is 6.07. The quantitative estimate of drug-likeness (QED) is 0.795. The van der Waals surface area contributed by atoms with Crippen molar-refractivity contribution < 1.29 is 8.42 Å². The Hall–Kier alpha value is -1.70. The lowest BCUT2D eigenvalue weighted by Crippen LogP contribution is -2.08. The van der Waals surface area contributed by atoms with E-state index in [1.165, 1.54) is 0 Å². The van der Waals surface area contributed by atoms with Crippen molar-refractivity contribution in [2.45, 2.75) is 6.42 Å². The smallest absolute Gasteiger partial charge is 0.111 e. The van der Waals surface area contributed by atoms with Gasteiger partial charge in [0, 0.05) is 27.4 Å². The highest BCUT2D eigenvalue weighted by molar-refractivity contribution is 8.04. The number of aryl methyl sites for hydroxylation is 1. The topological polar surface area (TPSA) is 34.1 Å². The Morgan fingerprint density at radius 3 is 2.14 bits per heavy atom. The fraction of sp³-hybridized carbons (Fsp3) is 0.176. The molecular formula is C17H16O2S2. The van der Waals surface area contributed by atoms with Gasteiger partial charge in [-0.1, -0.05) is 54.5 Å². The van der Waals surface area contributed by atoms with E-state index in [1.807, 2.05) is 60.7 Å². The number of benzene rings is 2. The zero-order chi connectivity index (χ0) is 14.9. The Morgan fingerprint density at radius 2 is 1.48 bits per heavy atom. The molecule has 0 saturated heterocycles. The lowest BCUT2D eigenvalue weighted by atomic mass is 10.2. The first-order valence-corrected chi connectivity index (χ1v) is 9.39. The molecule has 0 fully saturated rings. The third-order valence-corrected chi connectivity index (χ3v) is 5.68. The van der Waals surface area contributed by atoms with Crippen LogP contribution in [0, 0.1) is 11.2 Å². The lowest BCUT2D eigenvalue weighted by molar-refractivity contribution is 0.681. The largest absolute Gasteiger partial charge is 0.259 e. The first-order chi connectivity index (χ1) is 10.2. The van der Waals surface area contributed by atoms with Crippen molar-refractivity contribution in [3.05, 3.63) is 71.8 Å². The molecule has 2 rings (SSSR count). The molecule has 0 heterocycles. The fourth-order valence-electron chi connectivity index (χ4n) is 1.72. The minimum Gasteiger partial charge on any atom is -0.259 e. The molecule has 0 spiro atoms. The van der Waals surface area contributed by atoms with Crippen molar-refractivity contribution in [3.63, 3.8) is 0 Å². The van der Waals surface area contributed by atoms with Crippen LogP contribution >= 0.6 is 0 Å². The molecule has 0 aliphatic heterocycles. The maximum Gasteiger partial charge on any atom is 0.111 e. The van der Waals surface area contributed by atoms with Crippen molar-refractivity contribution in [1.82, 2.24) is 0 Å². The van der Waals surface area contributed by atoms with Gasteiger partial charge in [0.25, 0.3) is 0 Å². The second-order valence-electron chi connectivity index (χ2n) is 4.44. The standard InChI is InChI=1S/C17H16O2S2/c18-20(13-11-16-7-3-1-4-8-16)15-21(19)14-12-17-9-5-2-6-10-17/h1-10H,11,13,15H2. The van der Waals surface area contributed by atoms with Crippen molar-refractivity contribution in [3.8, 4) is 11.2 Å². The summed E-state index contributed by atoms with van der Waals surface area (Å²) in [7, 11) is -2.48. The van der Waals surface area contributed by atoms with Gasteiger partial charge in [-0.25, -0.2) is 4.21 Å². The van der Waals surface area contributed by atoms with E-state index < -0.39 is 21.6 Å². The molecule has 0 aliphatic rings. The van der Waals surface area contributed by atoms with Gasteiger partial charge < -0.3 is 0 Å². The summed E-state index contributed by atoms with van der Waals surface area (Å²) in [4.78, 5) is 0. The van der Waals surface area contributed by atoms with Crippen LogP contribution in [0.3, 0.4) is 0 Å². The Morgan fingerprint density at radius 1 is 0.857 bits per heavy atom. The Labute approximate surface area is 130 Å². The Balaban J connectivity index is 1.80. The molecule has 0 aromatic heterocycles. The minimum atomic E-state index is -1.37. The van der Waals surface area contributed by atoms with Crippen molar-refractivity contribution in [1.29, 1.82) is 0 Å². The fourth-order valence-corrected chi connectivity index (χ4v) is 4.08. The van der Waals surface area contributed by atoms with Crippen LogP contribution in [0.4, 0.5) is 0 Å². The van der Waals surface area contributed by atoms with E-state index in [9.17, 15) is 8.42 Å². The van der Waals surface area contributed by atoms with Gasteiger partial charge >= 0.3 is 0 Å². The van der Waals surface area contributed by atoms with E-state index in [2.05, 4.69) is 11.2 Å². The molecule has 2 aromatic rings. The van der Waals surface area contributed by atoms with Crippen LogP contribution in [-0.4, -0.2) is 19.3 Å². The van der Waals surface area contributed by atoms with Gasteiger partial charge in [0.15, 0.2) is 0 Å². The molecule has 2 aromatic carbocycles. The average Bonchev–Trinajstić information content (AvgIpc) is 2.53. The molecule has 2 unspecified atom stereocenters. The van der Waals surface area contributed by atoms with E-state index >= 15 is 0 Å². The highest BCUT2D eigenvalue weighted by Gasteiger charge is 2.04. The van der Waals surface area contributed by atoms with Crippen LogP contribution in [0.5, 0.6) is 0 Å². The van der Waals surface area contributed by atoms with Gasteiger partial charge in [0.2, 0.25) is 0 Å². The van der Waals surface area contributed by atoms with Crippen molar-refractivity contribution in [2.24, 2.45) is 0 Å². The third-order valence-electron chi connectivity index (χ3n) is 2.78. The molecule has 2 nitrogen and oxygen atoms in total. The van der Waals surface area contributed by atoms with Crippen LogP contribution in [0.1, 0.15) is 11.1 Å².